The first-order chi connectivity index (χ1) is 15.8. The number of hydrogen-bond acceptors (Lipinski definition) is 6. The molecule has 1 heterocycles. The van der Waals surface area contributed by atoms with Crippen LogP contribution in [-0.2, 0) is 19.6 Å². The molecule has 0 aliphatic carbocycles. The van der Waals surface area contributed by atoms with Gasteiger partial charge in [-0.3, -0.25) is 9.10 Å². The van der Waals surface area contributed by atoms with Crippen molar-refractivity contribution in [2.45, 2.75) is 18.7 Å². The van der Waals surface area contributed by atoms with E-state index in [1.807, 2.05) is 6.92 Å². The number of rotatable bonds is 7. The van der Waals surface area contributed by atoms with Crippen molar-refractivity contribution in [3.8, 4) is 5.75 Å². The van der Waals surface area contributed by atoms with E-state index in [0.717, 1.165) is 9.87 Å². The molecule has 2 amide bonds. The van der Waals surface area contributed by atoms with Crippen molar-refractivity contribution in [2.24, 2.45) is 0 Å². The van der Waals surface area contributed by atoms with E-state index in [0.29, 0.717) is 37.6 Å². The molecule has 10 heteroatoms. The second-order valence-corrected chi connectivity index (χ2v) is 9.46. The van der Waals surface area contributed by atoms with Gasteiger partial charge < -0.3 is 19.3 Å². The summed E-state index contributed by atoms with van der Waals surface area (Å²) in [4.78, 5) is 28.2. The summed E-state index contributed by atoms with van der Waals surface area (Å²) in [6, 6.07) is 13.1. The third kappa shape index (κ3) is 5.75. The molecular weight excluding hydrogens is 446 g/mol. The number of anilines is 1. The van der Waals surface area contributed by atoms with Crippen LogP contribution in [0, 0.1) is 6.92 Å². The van der Waals surface area contributed by atoms with Crippen LogP contribution in [0.2, 0.25) is 0 Å². The molecule has 9 nitrogen and oxygen atoms in total. The molecule has 33 heavy (non-hydrogen) atoms. The van der Waals surface area contributed by atoms with Gasteiger partial charge in [0.1, 0.15) is 12.3 Å². The zero-order valence-electron chi connectivity index (χ0n) is 19.1. The SMILES string of the molecule is CCOC(=O)N1CCN(C(=O)CN(c2cccc(OC)c2)S(=O)(=O)c2ccc(C)cc2)CC1. The van der Waals surface area contributed by atoms with E-state index >= 15 is 0 Å². The highest BCUT2D eigenvalue weighted by molar-refractivity contribution is 7.92. The Balaban J connectivity index is 1.84. The lowest BCUT2D eigenvalue weighted by Gasteiger charge is -2.35. The number of methoxy groups -OCH3 is 1. The number of carbonyl (C=O) groups excluding carboxylic acids is 2. The topological polar surface area (TPSA) is 96.5 Å². The lowest BCUT2D eigenvalue weighted by atomic mass is 10.2. The van der Waals surface area contributed by atoms with Crippen LogP contribution >= 0.6 is 0 Å². The van der Waals surface area contributed by atoms with Crippen LogP contribution < -0.4 is 9.04 Å². The predicted molar refractivity (Wildman–Crippen MR) is 124 cm³/mol. The molecule has 0 atom stereocenters. The van der Waals surface area contributed by atoms with Gasteiger partial charge in [-0.2, -0.15) is 0 Å². The molecule has 0 saturated carbocycles. The van der Waals surface area contributed by atoms with Crippen LogP contribution in [0.3, 0.4) is 0 Å². The van der Waals surface area contributed by atoms with Crippen molar-refractivity contribution in [3.05, 3.63) is 54.1 Å². The molecule has 178 valence electrons. The standard InChI is InChI=1S/C23H29N3O6S/c1-4-32-23(28)25-14-12-24(13-15-25)22(27)17-26(19-6-5-7-20(16-19)31-3)33(29,30)21-10-8-18(2)9-11-21/h5-11,16H,4,12-15,17H2,1-3H3. The molecule has 3 rings (SSSR count). The van der Waals surface area contributed by atoms with Gasteiger partial charge in [0.15, 0.2) is 0 Å². The average molecular weight is 476 g/mol. The first kappa shape index (κ1) is 24.4. The summed E-state index contributed by atoms with van der Waals surface area (Å²) in [5.74, 6) is 0.129. The highest BCUT2D eigenvalue weighted by Crippen LogP contribution is 2.27. The van der Waals surface area contributed by atoms with Gasteiger partial charge in [-0.05, 0) is 38.1 Å². The maximum atomic E-state index is 13.5. The van der Waals surface area contributed by atoms with Crippen molar-refractivity contribution >= 4 is 27.7 Å². The van der Waals surface area contributed by atoms with Crippen molar-refractivity contribution in [2.75, 3.05) is 50.7 Å². The minimum absolute atomic E-state index is 0.0934. The Morgan fingerprint density at radius 2 is 1.64 bits per heavy atom. The van der Waals surface area contributed by atoms with Gasteiger partial charge in [-0.1, -0.05) is 23.8 Å². The van der Waals surface area contributed by atoms with Gasteiger partial charge in [0.25, 0.3) is 10.0 Å². The molecular formula is C23H29N3O6S. The highest BCUT2D eigenvalue weighted by atomic mass is 32.2. The molecule has 0 unspecified atom stereocenters. The number of carbonyl (C=O) groups is 2. The lowest BCUT2D eigenvalue weighted by molar-refractivity contribution is -0.131. The fourth-order valence-electron chi connectivity index (χ4n) is 3.49. The number of amides is 2. The van der Waals surface area contributed by atoms with Crippen LogP contribution in [0.1, 0.15) is 12.5 Å². The largest absolute Gasteiger partial charge is 0.497 e. The number of aryl methyl sites for hydroxylation is 1. The summed E-state index contributed by atoms with van der Waals surface area (Å²) >= 11 is 0. The Morgan fingerprint density at radius 3 is 2.24 bits per heavy atom. The highest BCUT2D eigenvalue weighted by Gasteiger charge is 2.31. The second-order valence-electron chi connectivity index (χ2n) is 7.59. The normalized spacial score (nSPS) is 14.0. The number of piperazine rings is 1. The molecule has 0 spiro atoms. The maximum Gasteiger partial charge on any atom is 0.409 e. The minimum atomic E-state index is -4.02. The molecule has 0 aromatic heterocycles. The van der Waals surface area contributed by atoms with Gasteiger partial charge in [0.2, 0.25) is 5.91 Å². The molecule has 2 aromatic carbocycles. The second kappa shape index (κ2) is 10.6. The average Bonchev–Trinajstić information content (AvgIpc) is 2.82. The van der Waals surface area contributed by atoms with Crippen molar-refractivity contribution in [1.29, 1.82) is 0 Å². The van der Waals surface area contributed by atoms with Crippen LogP contribution in [-0.4, -0.2) is 76.7 Å². The summed E-state index contributed by atoms with van der Waals surface area (Å²) < 4.78 is 38.4. The number of benzene rings is 2. The Morgan fingerprint density at radius 1 is 1.00 bits per heavy atom. The Labute approximate surface area is 194 Å². The van der Waals surface area contributed by atoms with Crippen LogP contribution in [0.4, 0.5) is 10.5 Å². The van der Waals surface area contributed by atoms with Gasteiger partial charge in [0.05, 0.1) is 24.3 Å². The summed E-state index contributed by atoms with van der Waals surface area (Å²) in [5, 5.41) is 0. The number of sulfonamides is 1. The molecule has 2 aromatic rings. The van der Waals surface area contributed by atoms with Crippen LogP contribution in [0.25, 0.3) is 0 Å². The lowest BCUT2D eigenvalue weighted by Crippen LogP contribution is -2.53. The fraction of sp³-hybridized carbons (Fsp3) is 0.391. The van der Waals surface area contributed by atoms with Crippen molar-refractivity contribution in [3.63, 3.8) is 0 Å². The Hall–Kier alpha value is -3.27. The van der Waals surface area contributed by atoms with E-state index in [2.05, 4.69) is 0 Å². The van der Waals surface area contributed by atoms with Crippen molar-refractivity contribution < 1.29 is 27.5 Å². The molecule has 0 radical (unpaired) electrons. The zero-order valence-corrected chi connectivity index (χ0v) is 19.9. The first-order valence-corrected chi connectivity index (χ1v) is 12.1. The monoisotopic (exact) mass is 475 g/mol. The zero-order chi connectivity index (χ0) is 24.0. The first-order valence-electron chi connectivity index (χ1n) is 10.7. The molecule has 1 saturated heterocycles. The van der Waals surface area contributed by atoms with E-state index in [9.17, 15) is 18.0 Å². The molecule has 1 fully saturated rings. The van der Waals surface area contributed by atoms with Gasteiger partial charge >= 0.3 is 6.09 Å². The minimum Gasteiger partial charge on any atom is -0.497 e. The number of hydrogen-bond donors (Lipinski definition) is 0. The Bertz CT molecular complexity index is 1080. The van der Waals surface area contributed by atoms with Crippen LogP contribution in [0.5, 0.6) is 5.75 Å². The summed E-state index contributed by atoms with van der Waals surface area (Å²) in [7, 11) is -2.52. The van der Waals surface area contributed by atoms with Crippen LogP contribution in [0.15, 0.2) is 53.4 Å². The molecule has 0 N–H and O–H groups in total. The van der Waals surface area contributed by atoms with Crippen molar-refractivity contribution in [1.82, 2.24) is 9.80 Å². The summed E-state index contributed by atoms with van der Waals surface area (Å²) in [6.07, 6.45) is -0.412. The quantitative estimate of drug-likeness (QED) is 0.611. The molecule has 1 aliphatic heterocycles. The third-order valence-corrected chi connectivity index (χ3v) is 7.18. The number of nitrogens with zero attached hydrogens (tertiary/aromatic N) is 3. The fourth-order valence-corrected chi connectivity index (χ4v) is 4.90. The van der Waals surface area contributed by atoms with Gasteiger partial charge in [-0.25, -0.2) is 13.2 Å². The predicted octanol–water partition coefficient (Wildman–Crippen LogP) is 2.50. The van der Waals surface area contributed by atoms with E-state index in [4.69, 9.17) is 9.47 Å². The molecule has 0 bridgehead atoms. The number of ether oxygens (including phenoxy) is 2. The summed E-state index contributed by atoms with van der Waals surface area (Å²) in [6.45, 7) is 4.77. The Kier molecular flexibility index (Phi) is 7.80. The van der Waals surface area contributed by atoms with E-state index < -0.39 is 16.1 Å². The van der Waals surface area contributed by atoms with Gasteiger partial charge in [0, 0.05) is 32.2 Å². The van der Waals surface area contributed by atoms with E-state index in [1.54, 1.807) is 48.2 Å². The third-order valence-electron chi connectivity index (χ3n) is 5.39. The smallest absolute Gasteiger partial charge is 0.409 e. The van der Waals surface area contributed by atoms with E-state index in [-0.39, 0.29) is 24.0 Å². The maximum absolute atomic E-state index is 13.5. The van der Waals surface area contributed by atoms with Gasteiger partial charge in [-0.15, -0.1) is 0 Å². The van der Waals surface area contributed by atoms with E-state index in [1.165, 1.54) is 24.1 Å². The molecule has 1 aliphatic rings. The summed E-state index contributed by atoms with van der Waals surface area (Å²) in [5.41, 5.74) is 1.26.